The second-order valence-corrected chi connectivity index (χ2v) is 7.68. The summed E-state index contributed by atoms with van der Waals surface area (Å²) in [6.45, 7) is 3.24. The Labute approximate surface area is 164 Å². The van der Waals surface area contributed by atoms with Crippen molar-refractivity contribution in [1.29, 1.82) is 0 Å². The maximum atomic E-state index is 12.6. The van der Waals surface area contributed by atoms with Crippen LogP contribution >= 0.6 is 0 Å². The summed E-state index contributed by atoms with van der Waals surface area (Å²) in [4.78, 5) is 17.2. The normalized spacial score (nSPS) is 17.6. The average molecular weight is 365 g/mol. The number of aryl methyl sites for hydroxylation is 1. The van der Waals surface area contributed by atoms with Gasteiger partial charge in [0, 0.05) is 32.6 Å². The zero-order valence-electron chi connectivity index (χ0n) is 16.5. The molecule has 1 aliphatic heterocycles. The maximum absolute atomic E-state index is 12.6. The lowest BCUT2D eigenvalue weighted by atomic mass is 10.0. The summed E-state index contributed by atoms with van der Waals surface area (Å²) in [5.74, 6) is 0.292. The minimum atomic E-state index is 0.292. The molecule has 3 nitrogen and oxygen atoms in total. The molecule has 0 aromatic heterocycles. The van der Waals surface area contributed by atoms with Gasteiger partial charge >= 0.3 is 0 Å². The third-order valence-electron chi connectivity index (χ3n) is 5.68. The minimum Gasteiger partial charge on any atom is -0.341 e. The molecule has 3 rings (SSSR count). The van der Waals surface area contributed by atoms with Crippen LogP contribution in [0.4, 0.5) is 0 Å². The molecule has 0 aliphatic carbocycles. The van der Waals surface area contributed by atoms with Gasteiger partial charge in [-0.2, -0.15) is 0 Å². The molecule has 1 heterocycles. The monoisotopic (exact) mass is 364 g/mol. The molecule has 1 fully saturated rings. The first kappa shape index (κ1) is 19.6. The Balaban J connectivity index is 1.41. The van der Waals surface area contributed by atoms with Gasteiger partial charge < -0.3 is 9.80 Å². The molecule has 1 atom stereocenters. The van der Waals surface area contributed by atoms with Crippen molar-refractivity contribution in [3.63, 3.8) is 0 Å². The van der Waals surface area contributed by atoms with Crippen molar-refractivity contribution < 1.29 is 4.79 Å². The predicted molar refractivity (Wildman–Crippen MR) is 112 cm³/mol. The Morgan fingerprint density at radius 2 is 1.63 bits per heavy atom. The van der Waals surface area contributed by atoms with Crippen molar-refractivity contribution in [2.24, 2.45) is 0 Å². The zero-order chi connectivity index (χ0) is 18.9. The number of hydrogen-bond donors (Lipinski definition) is 0. The number of likely N-dealkylation sites (tertiary alicyclic amines) is 1. The largest absolute Gasteiger partial charge is 0.341 e. The number of likely N-dealkylation sites (N-methyl/N-ethyl adjacent to an activating group) is 1. The highest BCUT2D eigenvalue weighted by atomic mass is 16.2. The third-order valence-corrected chi connectivity index (χ3v) is 5.68. The van der Waals surface area contributed by atoms with Crippen LogP contribution in [0.25, 0.3) is 0 Å². The topological polar surface area (TPSA) is 23.6 Å². The van der Waals surface area contributed by atoms with Crippen LogP contribution < -0.4 is 0 Å². The molecule has 0 bridgehead atoms. The van der Waals surface area contributed by atoms with E-state index in [1.165, 1.54) is 17.5 Å². The fourth-order valence-corrected chi connectivity index (χ4v) is 3.95. The highest BCUT2D eigenvalue weighted by Crippen LogP contribution is 2.17. The van der Waals surface area contributed by atoms with Crippen LogP contribution in [0.2, 0.25) is 0 Å². The number of nitrogens with zero attached hydrogens (tertiary/aromatic N) is 2. The maximum Gasteiger partial charge on any atom is 0.222 e. The molecule has 0 saturated carbocycles. The van der Waals surface area contributed by atoms with Gasteiger partial charge in [-0.25, -0.2) is 0 Å². The fourth-order valence-electron chi connectivity index (χ4n) is 3.95. The molecule has 1 aliphatic rings. The highest BCUT2D eigenvalue weighted by Gasteiger charge is 2.25. The first-order valence-electron chi connectivity index (χ1n) is 10.3. The summed E-state index contributed by atoms with van der Waals surface area (Å²) in [6, 6.07) is 21.5. The van der Waals surface area contributed by atoms with Gasteiger partial charge in [-0.1, -0.05) is 60.7 Å². The van der Waals surface area contributed by atoms with E-state index in [9.17, 15) is 4.79 Å². The van der Waals surface area contributed by atoms with Crippen LogP contribution in [0, 0.1) is 0 Å². The summed E-state index contributed by atoms with van der Waals surface area (Å²) >= 11 is 0. The Bertz CT molecular complexity index is 686. The number of carbonyl (C=O) groups is 1. The number of carbonyl (C=O) groups excluding carboxylic acids is 1. The second kappa shape index (κ2) is 10.3. The van der Waals surface area contributed by atoms with Gasteiger partial charge in [0.2, 0.25) is 5.91 Å². The van der Waals surface area contributed by atoms with E-state index in [0.717, 1.165) is 45.3 Å². The Morgan fingerprint density at radius 3 is 2.30 bits per heavy atom. The van der Waals surface area contributed by atoms with Crippen molar-refractivity contribution in [2.75, 3.05) is 26.7 Å². The van der Waals surface area contributed by atoms with Gasteiger partial charge in [-0.05, 0) is 49.8 Å². The van der Waals surface area contributed by atoms with Gasteiger partial charge in [0.15, 0.2) is 0 Å². The van der Waals surface area contributed by atoms with Gasteiger partial charge in [0.25, 0.3) is 0 Å². The van der Waals surface area contributed by atoms with Crippen molar-refractivity contribution in [3.05, 3.63) is 71.8 Å². The summed E-state index contributed by atoms with van der Waals surface area (Å²) in [7, 11) is 2.00. The number of amides is 1. The van der Waals surface area contributed by atoms with Crippen LogP contribution in [-0.2, 0) is 17.6 Å². The molecule has 0 spiro atoms. The molecule has 27 heavy (non-hydrogen) atoms. The first-order chi connectivity index (χ1) is 13.2. The summed E-state index contributed by atoms with van der Waals surface area (Å²) in [5, 5.41) is 0. The van der Waals surface area contributed by atoms with E-state index in [-0.39, 0.29) is 0 Å². The minimum absolute atomic E-state index is 0.292. The smallest absolute Gasteiger partial charge is 0.222 e. The Morgan fingerprint density at radius 1 is 1.00 bits per heavy atom. The number of piperidine rings is 1. The molecule has 1 saturated heterocycles. The quantitative estimate of drug-likeness (QED) is 0.702. The molecule has 3 heteroatoms. The van der Waals surface area contributed by atoms with Crippen LogP contribution in [0.15, 0.2) is 60.7 Å². The van der Waals surface area contributed by atoms with E-state index in [2.05, 4.69) is 59.5 Å². The van der Waals surface area contributed by atoms with E-state index in [1.54, 1.807) is 0 Å². The van der Waals surface area contributed by atoms with Crippen molar-refractivity contribution >= 4 is 5.91 Å². The predicted octanol–water partition coefficient (Wildman–Crippen LogP) is 4.17. The Kier molecular flexibility index (Phi) is 7.46. The molecular formula is C24H32N2O. The van der Waals surface area contributed by atoms with Crippen LogP contribution in [0.1, 0.15) is 36.8 Å². The van der Waals surface area contributed by atoms with E-state index < -0.39 is 0 Å². The van der Waals surface area contributed by atoms with Gasteiger partial charge in [-0.15, -0.1) is 0 Å². The lowest BCUT2D eigenvalue weighted by molar-refractivity contribution is -0.133. The summed E-state index contributed by atoms with van der Waals surface area (Å²) < 4.78 is 0. The van der Waals surface area contributed by atoms with Crippen molar-refractivity contribution in [3.8, 4) is 0 Å². The Hall–Kier alpha value is -2.13. The molecule has 2 aromatic carbocycles. The van der Waals surface area contributed by atoms with Crippen molar-refractivity contribution in [2.45, 2.75) is 44.6 Å². The molecule has 0 N–H and O–H groups in total. The fraction of sp³-hybridized carbons (Fsp3) is 0.458. The van der Waals surface area contributed by atoms with Gasteiger partial charge in [0.1, 0.15) is 0 Å². The molecule has 0 unspecified atom stereocenters. The van der Waals surface area contributed by atoms with Gasteiger partial charge in [-0.3, -0.25) is 4.79 Å². The molecular weight excluding hydrogens is 332 g/mol. The second-order valence-electron chi connectivity index (χ2n) is 7.68. The first-order valence-corrected chi connectivity index (χ1v) is 10.3. The van der Waals surface area contributed by atoms with Crippen LogP contribution in [-0.4, -0.2) is 48.4 Å². The van der Waals surface area contributed by atoms with Crippen LogP contribution in [0.5, 0.6) is 0 Å². The average Bonchev–Trinajstić information content (AvgIpc) is 2.73. The molecule has 144 valence electrons. The highest BCUT2D eigenvalue weighted by molar-refractivity contribution is 5.76. The third kappa shape index (κ3) is 6.21. The summed E-state index contributed by atoms with van der Waals surface area (Å²) in [5.41, 5.74) is 2.71. The van der Waals surface area contributed by atoms with E-state index in [0.29, 0.717) is 18.4 Å². The molecule has 0 radical (unpaired) electrons. The number of benzene rings is 2. The number of hydrogen-bond acceptors (Lipinski definition) is 2. The van der Waals surface area contributed by atoms with E-state index >= 15 is 0 Å². The molecule has 1 amide bonds. The lowest BCUT2D eigenvalue weighted by Gasteiger charge is -2.37. The zero-order valence-corrected chi connectivity index (χ0v) is 16.5. The lowest BCUT2D eigenvalue weighted by Crippen LogP contribution is -2.48. The van der Waals surface area contributed by atoms with Gasteiger partial charge in [0.05, 0.1) is 0 Å². The van der Waals surface area contributed by atoms with Crippen molar-refractivity contribution in [1.82, 2.24) is 9.80 Å². The number of rotatable bonds is 8. The van der Waals surface area contributed by atoms with Crippen LogP contribution in [0.3, 0.4) is 0 Å². The standard InChI is InChI=1S/C24H32N2O/c1-25(24(27)16-8-14-21-10-4-2-5-11-21)23-15-9-18-26(20-23)19-17-22-12-6-3-7-13-22/h2-7,10-13,23H,8-9,14-20H2,1H3/t23-/m1/s1. The van der Waals surface area contributed by atoms with E-state index in [4.69, 9.17) is 0 Å². The van der Waals surface area contributed by atoms with E-state index in [1.807, 2.05) is 18.0 Å². The SMILES string of the molecule is CN(C(=O)CCCc1ccccc1)[C@@H]1CCCN(CCc2ccccc2)C1. The molecule has 2 aromatic rings. The summed E-state index contributed by atoms with van der Waals surface area (Å²) in [6.07, 6.45) is 5.95.